The molecule has 0 N–H and O–H groups in total. The van der Waals surface area contributed by atoms with Crippen molar-refractivity contribution >= 4 is 19.1 Å². The van der Waals surface area contributed by atoms with Gasteiger partial charge in [0.15, 0.2) is 0 Å². The van der Waals surface area contributed by atoms with E-state index in [1.54, 1.807) is 0 Å². The summed E-state index contributed by atoms with van der Waals surface area (Å²) in [5, 5.41) is 0.692. The molecule has 0 heterocycles. The van der Waals surface area contributed by atoms with E-state index < -0.39 is 0 Å². The van der Waals surface area contributed by atoms with E-state index in [0.29, 0.717) is 16.2 Å². The average Bonchev–Trinajstić information content (AvgIpc) is 3.03. The highest BCUT2D eigenvalue weighted by molar-refractivity contribution is 7.60. The van der Waals surface area contributed by atoms with Crippen LogP contribution in [-0.2, 0) is 0 Å². The SMILES string of the molecule is CC(C)(C)P(CC1C=CC(c2ccccc2)=C1c1ccccc1)C(C)(C)C. The lowest BCUT2D eigenvalue weighted by Gasteiger charge is -2.43. The van der Waals surface area contributed by atoms with E-state index in [4.69, 9.17) is 0 Å². The van der Waals surface area contributed by atoms with Gasteiger partial charge in [-0.25, -0.2) is 0 Å². The van der Waals surface area contributed by atoms with Crippen LogP contribution in [0.3, 0.4) is 0 Å². The third kappa shape index (κ3) is 4.61. The summed E-state index contributed by atoms with van der Waals surface area (Å²) >= 11 is 0. The van der Waals surface area contributed by atoms with E-state index >= 15 is 0 Å². The highest BCUT2D eigenvalue weighted by Crippen LogP contribution is 2.61. The van der Waals surface area contributed by atoms with Crippen molar-refractivity contribution in [3.05, 3.63) is 83.9 Å². The van der Waals surface area contributed by atoms with Crippen molar-refractivity contribution in [2.45, 2.75) is 51.9 Å². The maximum Gasteiger partial charge on any atom is 0.00730 e. The van der Waals surface area contributed by atoms with E-state index in [0.717, 1.165) is 0 Å². The Kier molecular flexibility index (Phi) is 5.78. The molecule has 0 saturated carbocycles. The smallest absolute Gasteiger partial charge is 0.00730 e. The van der Waals surface area contributed by atoms with Crippen LogP contribution in [0.5, 0.6) is 0 Å². The molecule has 0 spiro atoms. The molecule has 1 heteroatoms. The van der Waals surface area contributed by atoms with Crippen molar-refractivity contribution in [1.29, 1.82) is 0 Å². The van der Waals surface area contributed by atoms with Gasteiger partial charge in [0.2, 0.25) is 0 Å². The number of hydrogen-bond donors (Lipinski definition) is 0. The van der Waals surface area contributed by atoms with E-state index in [-0.39, 0.29) is 7.92 Å². The number of rotatable bonds is 4. The third-order valence-corrected chi connectivity index (χ3v) is 9.32. The molecule has 0 saturated heterocycles. The first-order valence-electron chi connectivity index (χ1n) is 9.99. The first kappa shape index (κ1) is 20.1. The Morgan fingerprint density at radius 3 is 1.67 bits per heavy atom. The Balaban J connectivity index is 2.05. The molecule has 2 aromatic rings. The second kappa shape index (κ2) is 7.76. The van der Waals surface area contributed by atoms with Crippen LogP contribution in [0.4, 0.5) is 0 Å². The summed E-state index contributed by atoms with van der Waals surface area (Å²) in [6, 6.07) is 21.8. The van der Waals surface area contributed by atoms with Crippen LogP contribution in [0.1, 0.15) is 52.7 Å². The molecule has 142 valence electrons. The zero-order valence-corrected chi connectivity index (χ0v) is 18.6. The predicted octanol–water partition coefficient (Wildman–Crippen LogP) is 7.86. The summed E-state index contributed by atoms with van der Waals surface area (Å²) in [5.41, 5.74) is 5.59. The van der Waals surface area contributed by atoms with E-state index in [1.165, 1.54) is 28.4 Å². The summed E-state index contributed by atoms with van der Waals surface area (Å²) in [6.45, 7) is 14.5. The fourth-order valence-corrected chi connectivity index (χ4v) is 8.16. The molecule has 27 heavy (non-hydrogen) atoms. The van der Waals surface area contributed by atoms with E-state index in [1.807, 2.05) is 0 Å². The molecule has 1 unspecified atom stereocenters. The third-order valence-electron chi connectivity index (χ3n) is 5.32. The van der Waals surface area contributed by atoms with Gasteiger partial charge in [0.25, 0.3) is 0 Å². The van der Waals surface area contributed by atoms with Gasteiger partial charge in [-0.15, -0.1) is 0 Å². The van der Waals surface area contributed by atoms with Gasteiger partial charge in [-0.05, 0) is 38.7 Å². The summed E-state index contributed by atoms with van der Waals surface area (Å²) in [7, 11) is -0.144. The normalized spacial score (nSPS) is 17.8. The fraction of sp³-hybridized carbons (Fsp3) is 0.385. The van der Waals surface area contributed by atoms with Crippen molar-refractivity contribution in [3.8, 4) is 0 Å². The van der Waals surface area contributed by atoms with Crippen molar-refractivity contribution in [2.24, 2.45) is 5.92 Å². The predicted molar refractivity (Wildman–Crippen MR) is 124 cm³/mol. The molecule has 0 aliphatic heterocycles. The molecule has 0 fully saturated rings. The molecule has 0 amide bonds. The fourth-order valence-electron chi connectivity index (χ4n) is 4.36. The highest BCUT2D eigenvalue weighted by atomic mass is 31.1. The lowest BCUT2D eigenvalue weighted by molar-refractivity contribution is 0.697. The van der Waals surface area contributed by atoms with E-state index in [9.17, 15) is 0 Å². The molecule has 2 aromatic carbocycles. The van der Waals surface area contributed by atoms with Gasteiger partial charge >= 0.3 is 0 Å². The van der Waals surface area contributed by atoms with Gasteiger partial charge in [-0.1, -0.05) is 122 Å². The minimum Gasteiger partial charge on any atom is -0.0947 e. The molecule has 0 nitrogen and oxygen atoms in total. The highest BCUT2D eigenvalue weighted by Gasteiger charge is 2.37. The monoisotopic (exact) mass is 376 g/mol. The Labute approximate surface area is 167 Å². The van der Waals surface area contributed by atoms with Crippen LogP contribution in [-0.4, -0.2) is 16.5 Å². The summed E-state index contributed by atoms with van der Waals surface area (Å²) in [4.78, 5) is 0. The molecule has 0 bridgehead atoms. The molecular weight excluding hydrogens is 343 g/mol. The lowest BCUT2D eigenvalue weighted by Crippen LogP contribution is -2.28. The molecule has 1 atom stereocenters. The summed E-state index contributed by atoms with van der Waals surface area (Å²) < 4.78 is 0. The quantitative estimate of drug-likeness (QED) is 0.476. The van der Waals surface area contributed by atoms with Gasteiger partial charge in [0.1, 0.15) is 0 Å². The molecule has 3 rings (SSSR count). The maximum absolute atomic E-state index is 2.46. The van der Waals surface area contributed by atoms with Crippen LogP contribution in [0.2, 0.25) is 0 Å². The van der Waals surface area contributed by atoms with Crippen molar-refractivity contribution < 1.29 is 0 Å². The van der Waals surface area contributed by atoms with E-state index in [2.05, 4.69) is 114 Å². The number of benzene rings is 2. The molecule has 0 radical (unpaired) electrons. The van der Waals surface area contributed by atoms with Gasteiger partial charge < -0.3 is 0 Å². The second-order valence-electron chi connectivity index (χ2n) is 9.48. The van der Waals surface area contributed by atoms with Crippen LogP contribution < -0.4 is 0 Å². The second-order valence-corrected chi connectivity index (χ2v) is 13.4. The van der Waals surface area contributed by atoms with Gasteiger partial charge in [0, 0.05) is 5.92 Å². The minimum atomic E-state index is -0.144. The number of hydrogen-bond acceptors (Lipinski definition) is 0. The lowest BCUT2D eigenvalue weighted by atomic mass is 9.91. The summed E-state index contributed by atoms with van der Waals surface area (Å²) in [6.07, 6.45) is 6.07. The van der Waals surface area contributed by atoms with Crippen molar-refractivity contribution in [3.63, 3.8) is 0 Å². The van der Waals surface area contributed by atoms with Gasteiger partial charge in [-0.2, -0.15) is 0 Å². The zero-order chi connectivity index (χ0) is 19.7. The molecular formula is C26H33P. The van der Waals surface area contributed by atoms with Gasteiger partial charge in [0.05, 0.1) is 0 Å². The standard InChI is InChI=1S/C26H33P/c1-25(2,3)27(26(4,5)6)19-22-17-18-23(20-13-9-7-10-14-20)24(22)21-15-11-8-12-16-21/h7-18,22H,19H2,1-6H3. The van der Waals surface area contributed by atoms with Crippen LogP contribution >= 0.6 is 7.92 Å². The Bertz CT molecular complexity index is 800. The van der Waals surface area contributed by atoms with Gasteiger partial charge in [-0.3, -0.25) is 0 Å². The van der Waals surface area contributed by atoms with Crippen molar-refractivity contribution in [2.75, 3.05) is 6.16 Å². The topological polar surface area (TPSA) is 0 Å². The van der Waals surface area contributed by atoms with Crippen LogP contribution in [0.15, 0.2) is 72.8 Å². The molecule has 0 aromatic heterocycles. The Morgan fingerprint density at radius 2 is 1.19 bits per heavy atom. The Morgan fingerprint density at radius 1 is 0.704 bits per heavy atom. The first-order valence-corrected chi connectivity index (χ1v) is 11.5. The number of allylic oxidation sites excluding steroid dienone is 4. The maximum atomic E-state index is 2.46. The first-order chi connectivity index (χ1) is 12.7. The van der Waals surface area contributed by atoms with Crippen molar-refractivity contribution in [1.82, 2.24) is 0 Å². The average molecular weight is 377 g/mol. The molecule has 1 aliphatic carbocycles. The zero-order valence-electron chi connectivity index (χ0n) is 17.7. The largest absolute Gasteiger partial charge is 0.0947 e. The summed E-state index contributed by atoms with van der Waals surface area (Å²) in [5.74, 6) is 0.493. The Hall–Kier alpha value is -1.65. The minimum absolute atomic E-state index is 0.144. The molecule has 1 aliphatic rings. The van der Waals surface area contributed by atoms with Crippen LogP contribution in [0, 0.1) is 5.92 Å². The van der Waals surface area contributed by atoms with Crippen LogP contribution in [0.25, 0.3) is 11.1 Å².